The van der Waals surface area contributed by atoms with Gasteiger partial charge < -0.3 is 15.6 Å². The van der Waals surface area contributed by atoms with Gasteiger partial charge in [-0.2, -0.15) is 0 Å². The van der Waals surface area contributed by atoms with Crippen LogP contribution in [0.15, 0.2) is 12.4 Å². The maximum Gasteiger partial charge on any atom is 0.233 e. The Labute approximate surface area is 101 Å². The van der Waals surface area contributed by atoms with Crippen LogP contribution in [0.3, 0.4) is 0 Å². The Hall–Kier alpha value is -1.36. The highest BCUT2D eigenvalue weighted by Gasteiger charge is 2.20. The van der Waals surface area contributed by atoms with Crippen molar-refractivity contribution in [1.29, 1.82) is 0 Å². The molecule has 1 heterocycles. The standard InChI is InChI=1S/C12H20N4O/c17-12(9-13-8-10-3-4-10)16-5-1-2-11-14-6-7-15-11/h6-7,10,13H,1-5,8-9H2,(H,14,15)(H,16,17). The Balaban J connectivity index is 1.45. The molecule has 1 saturated carbocycles. The summed E-state index contributed by atoms with van der Waals surface area (Å²) in [5.41, 5.74) is 0. The first-order valence-corrected chi connectivity index (χ1v) is 6.30. The lowest BCUT2D eigenvalue weighted by molar-refractivity contribution is -0.120. The van der Waals surface area contributed by atoms with Crippen LogP contribution in [0.1, 0.15) is 25.1 Å². The van der Waals surface area contributed by atoms with Crippen molar-refractivity contribution in [3.63, 3.8) is 0 Å². The number of rotatable bonds is 8. The van der Waals surface area contributed by atoms with E-state index in [0.717, 1.165) is 31.1 Å². The van der Waals surface area contributed by atoms with E-state index in [0.29, 0.717) is 13.1 Å². The van der Waals surface area contributed by atoms with E-state index in [1.807, 2.05) is 6.20 Å². The number of carbonyl (C=O) groups excluding carboxylic acids is 1. The summed E-state index contributed by atoms with van der Waals surface area (Å²) in [5.74, 6) is 1.89. The fourth-order valence-corrected chi connectivity index (χ4v) is 1.69. The molecule has 0 aromatic carbocycles. The quantitative estimate of drug-likeness (QED) is 0.574. The number of aromatic amines is 1. The average Bonchev–Trinajstić information content (AvgIpc) is 3.00. The van der Waals surface area contributed by atoms with Crippen LogP contribution in [0.25, 0.3) is 0 Å². The molecule has 94 valence electrons. The molecule has 0 radical (unpaired) electrons. The Kier molecular flexibility index (Phi) is 4.55. The van der Waals surface area contributed by atoms with Crippen molar-refractivity contribution in [3.8, 4) is 0 Å². The van der Waals surface area contributed by atoms with E-state index in [-0.39, 0.29) is 5.91 Å². The summed E-state index contributed by atoms with van der Waals surface area (Å²) in [6.07, 6.45) is 7.99. The van der Waals surface area contributed by atoms with Crippen molar-refractivity contribution in [2.75, 3.05) is 19.6 Å². The van der Waals surface area contributed by atoms with Crippen LogP contribution < -0.4 is 10.6 Å². The van der Waals surface area contributed by atoms with Gasteiger partial charge in [-0.1, -0.05) is 0 Å². The highest BCUT2D eigenvalue weighted by atomic mass is 16.1. The van der Waals surface area contributed by atoms with E-state index in [1.54, 1.807) is 6.20 Å². The lowest BCUT2D eigenvalue weighted by Gasteiger charge is -2.05. The molecule has 0 aliphatic heterocycles. The third-order valence-electron chi connectivity index (χ3n) is 2.88. The fourth-order valence-electron chi connectivity index (χ4n) is 1.69. The number of hydrogen-bond acceptors (Lipinski definition) is 3. The molecule has 0 unspecified atom stereocenters. The van der Waals surface area contributed by atoms with Gasteiger partial charge in [0.15, 0.2) is 0 Å². The van der Waals surface area contributed by atoms with Crippen LogP contribution in [-0.2, 0) is 11.2 Å². The number of carbonyl (C=O) groups is 1. The summed E-state index contributed by atoms with van der Waals surface area (Å²) in [4.78, 5) is 18.6. The molecule has 2 rings (SSSR count). The number of hydrogen-bond donors (Lipinski definition) is 3. The second-order valence-electron chi connectivity index (χ2n) is 4.56. The predicted octanol–water partition coefficient (Wildman–Crippen LogP) is 0.458. The molecule has 3 N–H and O–H groups in total. The van der Waals surface area contributed by atoms with Crippen LogP contribution in [0.5, 0.6) is 0 Å². The largest absolute Gasteiger partial charge is 0.355 e. The average molecular weight is 236 g/mol. The molecule has 0 spiro atoms. The van der Waals surface area contributed by atoms with Crippen molar-refractivity contribution in [2.24, 2.45) is 5.92 Å². The van der Waals surface area contributed by atoms with E-state index < -0.39 is 0 Å². The van der Waals surface area contributed by atoms with Crippen LogP contribution in [0.4, 0.5) is 0 Å². The zero-order valence-electron chi connectivity index (χ0n) is 10.0. The first-order chi connectivity index (χ1) is 8.34. The lowest BCUT2D eigenvalue weighted by Crippen LogP contribution is -2.35. The zero-order chi connectivity index (χ0) is 11.9. The van der Waals surface area contributed by atoms with Crippen molar-refractivity contribution >= 4 is 5.91 Å². The van der Waals surface area contributed by atoms with E-state index in [1.165, 1.54) is 12.8 Å². The minimum atomic E-state index is 0.0881. The molecule has 0 atom stereocenters. The van der Waals surface area contributed by atoms with Gasteiger partial charge in [0.25, 0.3) is 0 Å². The maximum absolute atomic E-state index is 11.4. The molecule has 1 aromatic rings. The van der Waals surface area contributed by atoms with Gasteiger partial charge in [-0.05, 0) is 31.7 Å². The third kappa shape index (κ3) is 4.99. The van der Waals surface area contributed by atoms with Gasteiger partial charge in [-0.25, -0.2) is 4.98 Å². The second kappa shape index (κ2) is 6.39. The van der Waals surface area contributed by atoms with Gasteiger partial charge in [-0.3, -0.25) is 4.79 Å². The molecule has 1 aromatic heterocycles. The molecule has 1 aliphatic rings. The SMILES string of the molecule is O=C(CNCC1CC1)NCCCc1ncc[nH]1. The minimum Gasteiger partial charge on any atom is -0.355 e. The molecule has 5 heteroatoms. The van der Waals surface area contributed by atoms with Crippen LogP contribution in [0.2, 0.25) is 0 Å². The Morgan fingerprint density at radius 2 is 2.41 bits per heavy atom. The second-order valence-corrected chi connectivity index (χ2v) is 4.56. The van der Waals surface area contributed by atoms with Crippen LogP contribution >= 0.6 is 0 Å². The maximum atomic E-state index is 11.4. The van der Waals surface area contributed by atoms with Crippen molar-refractivity contribution in [1.82, 2.24) is 20.6 Å². The van der Waals surface area contributed by atoms with Gasteiger partial charge in [-0.15, -0.1) is 0 Å². The molecular weight excluding hydrogens is 216 g/mol. The summed E-state index contributed by atoms with van der Waals surface area (Å²) in [7, 11) is 0. The van der Waals surface area contributed by atoms with Crippen LogP contribution in [-0.4, -0.2) is 35.5 Å². The van der Waals surface area contributed by atoms with Gasteiger partial charge in [0.05, 0.1) is 6.54 Å². The summed E-state index contributed by atoms with van der Waals surface area (Å²) in [5, 5.41) is 6.07. The number of amides is 1. The number of aryl methyl sites for hydroxylation is 1. The number of H-pyrrole nitrogens is 1. The first-order valence-electron chi connectivity index (χ1n) is 6.30. The van der Waals surface area contributed by atoms with E-state index in [4.69, 9.17) is 0 Å². The van der Waals surface area contributed by atoms with Gasteiger partial charge >= 0.3 is 0 Å². The molecule has 1 fully saturated rings. The number of imidazole rings is 1. The molecule has 0 saturated heterocycles. The van der Waals surface area contributed by atoms with E-state index >= 15 is 0 Å². The monoisotopic (exact) mass is 236 g/mol. The highest BCUT2D eigenvalue weighted by molar-refractivity contribution is 5.77. The summed E-state index contributed by atoms with van der Waals surface area (Å²) in [6, 6.07) is 0. The summed E-state index contributed by atoms with van der Waals surface area (Å²) < 4.78 is 0. The Morgan fingerprint density at radius 3 is 3.12 bits per heavy atom. The van der Waals surface area contributed by atoms with Gasteiger partial charge in [0, 0.05) is 25.4 Å². The zero-order valence-corrected chi connectivity index (χ0v) is 10.0. The smallest absolute Gasteiger partial charge is 0.233 e. The van der Waals surface area contributed by atoms with Gasteiger partial charge in [0.2, 0.25) is 5.91 Å². The minimum absolute atomic E-state index is 0.0881. The van der Waals surface area contributed by atoms with E-state index in [2.05, 4.69) is 20.6 Å². The number of aromatic nitrogens is 2. The third-order valence-corrected chi connectivity index (χ3v) is 2.88. The molecule has 1 amide bonds. The predicted molar refractivity (Wildman–Crippen MR) is 65.5 cm³/mol. The van der Waals surface area contributed by atoms with Crippen molar-refractivity contribution < 1.29 is 4.79 Å². The fraction of sp³-hybridized carbons (Fsp3) is 0.667. The topological polar surface area (TPSA) is 69.8 Å². The van der Waals surface area contributed by atoms with Crippen molar-refractivity contribution in [3.05, 3.63) is 18.2 Å². The molecule has 0 bridgehead atoms. The normalized spacial score (nSPS) is 14.8. The number of nitrogens with one attached hydrogen (secondary N) is 3. The Bertz CT molecular complexity index is 332. The lowest BCUT2D eigenvalue weighted by atomic mass is 10.3. The molecule has 17 heavy (non-hydrogen) atoms. The van der Waals surface area contributed by atoms with Crippen LogP contribution in [0, 0.1) is 5.92 Å². The summed E-state index contributed by atoms with van der Waals surface area (Å²) >= 11 is 0. The van der Waals surface area contributed by atoms with Gasteiger partial charge in [0.1, 0.15) is 5.82 Å². The summed E-state index contributed by atoms with van der Waals surface area (Å²) in [6.45, 7) is 2.14. The Morgan fingerprint density at radius 1 is 1.53 bits per heavy atom. The molecule has 5 nitrogen and oxygen atoms in total. The van der Waals surface area contributed by atoms with Crippen molar-refractivity contribution in [2.45, 2.75) is 25.7 Å². The first kappa shape index (κ1) is 12.1. The van der Waals surface area contributed by atoms with E-state index in [9.17, 15) is 4.79 Å². The molecule has 1 aliphatic carbocycles. The highest BCUT2D eigenvalue weighted by Crippen LogP contribution is 2.27. The number of nitrogens with zero attached hydrogens (tertiary/aromatic N) is 1. The molecular formula is C12H20N4O.